The number of nitrogens with zero attached hydrogens (tertiary/aromatic N) is 2. The number of rotatable bonds is 10. The van der Waals surface area contributed by atoms with Crippen molar-refractivity contribution in [1.82, 2.24) is 0 Å². The first kappa shape index (κ1) is 24.5. The fourth-order valence-electron chi connectivity index (χ4n) is 2.40. The number of nitrogens with one attached hydrogen (secondary N) is 1. The summed E-state index contributed by atoms with van der Waals surface area (Å²) in [7, 11) is 0. The summed E-state index contributed by atoms with van der Waals surface area (Å²) in [5.74, 6) is -1.85. The second-order valence-electron chi connectivity index (χ2n) is 6.20. The van der Waals surface area contributed by atoms with Crippen LogP contribution in [0.2, 0.25) is 0 Å². The van der Waals surface area contributed by atoms with Gasteiger partial charge in [0.2, 0.25) is 0 Å². The number of benzene rings is 2. The van der Waals surface area contributed by atoms with Gasteiger partial charge < -0.3 is 14.9 Å². The van der Waals surface area contributed by atoms with E-state index in [0.717, 1.165) is 36.4 Å². The molecule has 168 valence electrons. The monoisotopic (exact) mass is 511 g/mol. The molecule has 2 aromatic rings. The van der Waals surface area contributed by atoms with Crippen LogP contribution in [0.3, 0.4) is 0 Å². The zero-order valence-corrected chi connectivity index (χ0v) is 17.6. The molecule has 11 nitrogen and oxygen atoms in total. The SMILES string of the molecule is N=C[C@@H](F)[C@H](OC(=O)c1ccc([N+](=O)[O-])cc1)[C@@H](Br)COC(=O)c1ccc([N+](=O)[O-])cc1. The number of carbonyl (C=O) groups excluding carboxylic acids is 2. The summed E-state index contributed by atoms with van der Waals surface area (Å²) >= 11 is 3.07. The standard InChI is InChI=1S/C19H15BrFN3O8/c20-15(10-31-18(25)11-1-5-13(6-2-11)23(27)28)17(16(21)9-22)32-19(26)12-3-7-14(8-4-12)24(29)30/h1-9,15-17,22H,10H2/t15-,16+,17+/m0/s1. The average Bonchev–Trinajstić information content (AvgIpc) is 2.80. The van der Waals surface area contributed by atoms with Gasteiger partial charge in [-0.2, -0.15) is 0 Å². The van der Waals surface area contributed by atoms with Crippen molar-refractivity contribution in [2.24, 2.45) is 0 Å². The lowest BCUT2D eigenvalue weighted by Gasteiger charge is -2.24. The highest BCUT2D eigenvalue weighted by Gasteiger charge is 2.32. The maximum absolute atomic E-state index is 14.2. The zero-order chi connectivity index (χ0) is 23.8. The van der Waals surface area contributed by atoms with E-state index in [1.807, 2.05) is 0 Å². The molecule has 0 saturated heterocycles. The lowest BCUT2D eigenvalue weighted by atomic mass is 10.1. The fourth-order valence-corrected chi connectivity index (χ4v) is 2.93. The van der Waals surface area contributed by atoms with E-state index in [4.69, 9.17) is 14.9 Å². The smallest absolute Gasteiger partial charge is 0.338 e. The largest absolute Gasteiger partial charge is 0.461 e. The Hall–Kier alpha value is -3.74. The quantitative estimate of drug-likeness (QED) is 0.166. The van der Waals surface area contributed by atoms with E-state index in [0.29, 0.717) is 6.21 Å². The van der Waals surface area contributed by atoms with Gasteiger partial charge >= 0.3 is 11.9 Å². The van der Waals surface area contributed by atoms with Crippen molar-refractivity contribution >= 4 is 45.5 Å². The topological polar surface area (TPSA) is 163 Å². The molecule has 2 rings (SSSR count). The van der Waals surface area contributed by atoms with Gasteiger partial charge in [0.05, 0.1) is 25.8 Å². The van der Waals surface area contributed by atoms with E-state index in [2.05, 4.69) is 15.9 Å². The third-order valence-electron chi connectivity index (χ3n) is 4.07. The molecule has 0 spiro atoms. The normalized spacial score (nSPS) is 13.3. The Bertz CT molecular complexity index is 1020. The molecule has 0 heterocycles. The Balaban J connectivity index is 2.03. The van der Waals surface area contributed by atoms with Gasteiger partial charge in [-0.15, -0.1) is 0 Å². The van der Waals surface area contributed by atoms with Gasteiger partial charge in [-0.05, 0) is 24.3 Å². The molecular weight excluding hydrogens is 497 g/mol. The van der Waals surface area contributed by atoms with Crippen LogP contribution in [0.15, 0.2) is 48.5 Å². The van der Waals surface area contributed by atoms with E-state index in [9.17, 15) is 34.2 Å². The van der Waals surface area contributed by atoms with Crippen LogP contribution in [0.4, 0.5) is 15.8 Å². The predicted molar refractivity (Wildman–Crippen MR) is 112 cm³/mol. The Kier molecular flexibility index (Phi) is 8.46. The lowest BCUT2D eigenvalue weighted by molar-refractivity contribution is -0.385. The average molecular weight is 512 g/mol. The Morgan fingerprint density at radius 2 is 1.41 bits per heavy atom. The van der Waals surface area contributed by atoms with Gasteiger partial charge in [0, 0.05) is 30.5 Å². The molecule has 0 bridgehead atoms. The third-order valence-corrected chi connectivity index (χ3v) is 4.86. The highest BCUT2D eigenvalue weighted by atomic mass is 79.9. The minimum absolute atomic E-state index is 0.0126. The van der Waals surface area contributed by atoms with Crippen LogP contribution in [0.5, 0.6) is 0 Å². The zero-order valence-electron chi connectivity index (χ0n) is 16.1. The molecule has 3 atom stereocenters. The molecule has 0 unspecified atom stereocenters. The molecule has 0 aliphatic heterocycles. The first-order chi connectivity index (χ1) is 15.1. The van der Waals surface area contributed by atoms with Crippen LogP contribution in [0, 0.1) is 25.6 Å². The second kappa shape index (κ2) is 11.0. The number of carbonyl (C=O) groups is 2. The van der Waals surface area contributed by atoms with E-state index < -0.39 is 45.5 Å². The Morgan fingerprint density at radius 1 is 0.969 bits per heavy atom. The van der Waals surface area contributed by atoms with Gasteiger partial charge in [-0.25, -0.2) is 14.0 Å². The van der Waals surface area contributed by atoms with Crippen LogP contribution < -0.4 is 0 Å². The maximum Gasteiger partial charge on any atom is 0.338 e. The molecule has 0 amide bonds. The number of halogens is 2. The van der Waals surface area contributed by atoms with Crippen molar-refractivity contribution in [3.63, 3.8) is 0 Å². The molecule has 2 aromatic carbocycles. The van der Waals surface area contributed by atoms with Crippen molar-refractivity contribution in [3.05, 3.63) is 79.9 Å². The fraction of sp³-hybridized carbons (Fsp3) is 0.211. The second-order valence-corrected chi connectivity index (χ2v) is 7.38. The first-order valence-electron chi connectivity index (χ1n) is 8.79. The molecule has 13 heteroatoms. The molecule has 0 radical (unpaired) electrons. The molecule has 0 aliphatic carbocycles. The summed E-state index contributed by atoms with van der Waals surface area (Å²) in [5, 5.41) is 28.5. The number of ether oxygens (including phenoxy) is 2. The highest BCUT2D eigenvalue weighted by molar-refractivity contribution is 9.09. The Labute approximate surface area is 188 Å². The minimum Gasteiger partial charge on any atom is -0.461 e. The van der Waals surface area contributed by atoms with Gasteiger partial charge in [0.1, 0.15) is 6.61 Å². The highest BCUT2D eigenvalue weighted by Crippen LogP contribution is 2.20. The van der Waals surface area contributed by atoms with Crippen molar-refractivity contribution in [2.45, 2.75) is 17.1 Å². The van der Waals surface area contributed by atoms with Gasteiger partial charge in [0.25, 0.3) is 11.4 Å². The molecule has 0 aliphatic rings. The van der Waals surface area contributed by atoms with Crippen molar-refractivity contribution in [2.75, 3.05) is 6.61 Å². The molecular formula is C19H15BrFN3O8. The van der Waals surface area contributed by atoms with Crippen LogP contribution in [0.25, 0.3) is 0 Å². The summed E-state index contributed by atoms with van der Waals surface area (Å²) in [6.45, 7) is -0.456. The first-order valence-corrected chi connectivity index (χ1v) is 9.71. The number of nitro groups is 2. The maximum atomic E-state index is 14.2. The number of esters is 2. The number of nitro benzene ring substituents is 2. The van der Waals surface area contributed by atoms with E-state index in [1.54, 1.807) is 0 Å². The summed E-state index contributed by atoms with van der Waals surface area (Å²) in [6, 6.07) is 9.02. The van der Waals surface area contributed by atoms with Crippen LogP contribution in [-0.4, -0.2) is 51.7 Å². The van der Waals surface area contributed by atoms with Crippen LogP contribution >= 0.6 is 15.9 Å². The predicted octanol–water partition coefficient (Wildman–Crippen LogP) is 3.64. The van der Waals surface area contributed by atoms with Crippen LogP contribution in [0.1, 0.15) is 20.7 Å². The van der Waals surface area contributed by atoms with E-state index >= 15 is 0 Å². The van der Waals surface area contributed by atoms with Crippen molar-refractivity contribution in [1.29, 1.82) is 5.41 Å². The lowest BCUT2D eigenvalue weighted by Crippen LogP contribution is -2.39. The minimum atomic E-state index is -2.04. The summed E-state index contributed by atoms with van der Waals surface area (Å²) < 4.78 is 24.3. The third kappa shape index (κ3) is 6.38. The van der Waals surface area contributed by atoms with Gasteiger partial charge in [-0.1, -0.05) is 15.9 Å². The summed E-state index contributed by atoms with van der Waals surface area (Å²) in [5.41, 5.74) is -0.541. The number of hydrogen-bond donors (Lipinski definition) is 1. The summed E-state index contributed by atoms with van der Waals surface area (Å²) in [6.07, 6.45) is -3.19. The summed E-state index contributed by atoms with van der Waals surface area (Å²) in [4.78, 5) is 43.4. The molecule has 32 heavy (non-hydrogen) atoms. The Morgan fingerprint density at radius 3 is 1.81 bits per heavy atom. The van der Waals surface area contributed by atoms with Crippen molar-refractivity contribution < 1.29 is 33.3 Å². The number of non-ortho nitro benzene ring substituents is 2. The number of alkyl halides is 2. The van der Waals surface area contributed by atoms with Crippen LogP contribution in [-0.2, 0) is 9.47 Å². The van der Waals surface area contributed by atoms with Gasteiger partial charge in [-0.3, -0.25) is 20.2 Å². The van der Waals surface area contributed by atoms with E-state index in [-0.39, 0.29) is 22.5 Å². The molecule has 1 N–H and O–H groups in total. The van der Waals surface area contributed by atoms with Crippen molar-refractivity contribution in [3.8, 4) is 0 Å². The molecule has 0 saturated carbocycles. The number of hydrogen-bond acceptors (Lipinski definition) is 9. The van der Waals surface area contributed by atoms with Gasteiger partial charge in [0.15, 0.2) is 12.3 Å². The molecule has 0 fully saturated rings. The van der Waals surface area contributed by atoms with E-state index in [1.165, 1.54) is 12.1 Å². The molecule has 0 aromatic heterocycles.